The topological polar surface area (TPSA) is 82.9 Å². The van der Waals surface area contributed by atoms with Gasteiger partial charge in [-0.15, -0.1) is 0 Å². The van der Waals surface area contributed by atoms with Crippen molar-refractivity contribution < 1.29 is 14.0 Å². The molecule has 1 aliphatic rings. The molecule has 2 heterocycles. The molecule has 1 fully saturated rings. The molecule has 0 atom stereocenters. The van der Waals surface area contributed by atoms with E-state index in [0.29, 0.717) is 59.2 Å². The van der Waals surface area contributed by atoms with Crippen LogP contribution in [0.1, 0.15) is 15.9 Å². The van der Waals surface area contributed by atoms with Crippen LogP contribution in [0.25, 0.3) is 28.2 Å². The third kappa shape index (κ3) is 6.37. The summed E-state index contributed by atoms with van der Waals surface area (Å²) in [5, 5.41) is 4.20. The van der Waals surface area contributed by atoms with Crippen LogP contribution in [0.15, 0.2) is 118 Å². The molecular weight excluding hydrogens is 562 g/mol. The first kappa shape index (κ1) is 28.0. The van der Waals surface area contributed by atoms with Crippen LogP contribution < -0.4 is 15.8 Å². The monoisotopic (exact) mass is 589 g/mol. The number of rotatable bonds is 6. The normalized spacial score (nSPS) is 13.4. The van der Waals surface area contributed by atoms with Gasteiger partial charge < -0.3 is 19.5 Å². The van der Waals surface area contributed by atoms with Gasteiger partial charge in [-0.1, -0.05) is 72.3 Å². The van der Waals surface area contributed by atoms with Crippen LogP contribution in [0, 0.1) is 0 Å². The van der Waals surface area contributed by atoms with Gasteiger partial charge in [0.2, 0.25) is 5.91 Å². The number of piperazine rings is 1. The fraction of sp³-hybridized carbons (Fsp3) is 0.114. The number of hydrogen-bond acceptors (Lipinski definition) is 5. The van der Waals surface area contributed by atoms with Crippen molar-refractivity contribution in [1.29, 1.82) is 0 Å². The van der Waals surface area contributed by atoms with Crippen molar-refractivity contribution in [2.24, 2.45) is 0 Å². The van der Waals surface area contributed by atoms with Gasteiger partial charge in [0.1, 0.15) is 5.58 Å². The van der Waals surface area contributed by atoms with Gasteiger partial charge >= 0.3 is 5.63 Å². The molecule has 0 saturated carbocycles. The Labute approximate surface area is 253 Å². The van der Waals surface area contributed by atoms with Crippen LogP contribution in [-0.4, -0.2) is 42.9 Å². The summed E-state index contributed by atoms with van der Waals surface area (Å²) in [6, 6.07) is 31.1. The van der Waals surface area contributed by atoms with E-state index in [0.717, 1.165) is 16.6 Å². The number of carbonyl (C=O) groups excluding carboxylic acids is 2. The molecule has 0 unspecified atom stereocenters. The molecular formula is C35H28ClN3O4. The zero-order valence-corrected chi connectivity index (χ0v) is 24.0. The summed E-state index contributed by atoms with van der Waals surface area (Å²) in [6.45, 7) is 2.45. The van der Waals surface area contributed by atoms with Gasteiger partial charge in [-0.25, -0.2) is 4.79 Å². The van der Waals surface area contributed by atoms with Crippen molar-refractivity contribution in [1.82, 2.24) is 4.90 Å². The van der Waals surface area contributed by atoms with Gasteiger partial charge in [0.05, 0.1) is 16.3 Å². The third-order valence-electron chi connectivity index (χ3n) is 7.43. The van der Waals surface area contributed by atoms with E-state index in [-0.39, 0.29) is 11.8 Å². The molecule has 1 aliphatic heterocycles. The molecule has 1 saturated heterocycles. The molecule has 6 rings (SSSR count). The number of fused-ring (bicyclic) bond motifs is 1. The number of amides is 2. The second-order valence-corrected chi connectivity index (χ2v) is 10.7. The molecule has 5 aromatic rings. The Morgan fingerprint density at radius 1 is 0.814 bits per heavy atom. The van der Waals surface area contributed by atoms with Crippen LogP contribution in [0.5, 0.6) is 0 Å². The van der Waals surface area contributed by atoms with E-state index in [1.54, 1.807) is 54.6 Å². The van der Waals surface area contributed by atoms with E-state index < -0.39 is 5.63 Å². The number of carbonyl (C=O) groups is 2. The number of nitrogens with one attached hydrogen (secondary N) is 1. The molecule has 0 aliphatic carbocycles. The number of benzene rings is 4. The number of halogens is 1. The molecule has 7 nitrogen and oxygen atoms in total. The molecule has 8 heteroatoms. The van der Waals surface area contributed by atoms with Crippen molar-refractivity contribution >= 4 is 51.8 Å². The Kier molecular flexibility index (Phi) is 8.07. The Balaban J connectivity index is 1.10. The number of nitrogens with zero attached hydrogens (tertiary/aromatic N) is 2. The SMILES string of the molecule is O=C(Nc1ccc(N2CCN(C(=O)/C=C/c3ccccc3)CC2)c(Cl)c1)c1cccc(-c2cc3ccccc3oc2=O)c1. The van der Waals surface area contributed by atoms with Gasteiger partial charge in [-0.05, 0) is 59.7 Å². The zero-order chi connectivity index (χ0) is 29.8. The summed E-state index contributed by atoms with van der Waals surface area (Å²) in [6.07, 6.45) is 3.44. The second-order valence-electron chi connectivity index (χ2n) is 10.2. The minimum atomic E-state index is -0.465. The van der Waals surface area contributed by atoms with Crippen molar-refractivity contribution in [2.45, 2.75) is 0 Å². The van der Waals surface area contributed by atoms with Crippen molar-refractivity contribution in [3.8, 4) is 11.1 Å². The molecule has 0 bridgehead atoms. The highest BCUT2D eigenvalue weighted by molar-refractivity contribution is 6.33. The van der Waals surface area contributed by atoms with Crippen LogP contribution in [0.4, 0.5) is 11.4 Å². The Bertz CT molecular complexity index is 1890. The first-order chi connectivity index (χ1) is 20.9. The van der Waals surface area contributed by atoms with Gasteiger partial charge in [0.15, 0.2) is 0 Å². The summed E-state index contributed by atoms with van der Waals surface area (Å²) >= 11 is 6.65. The smallest absolute Gasteiger partial charge is 0.344 e. The lowest BCUT2D eigenvalue weighted by Gasteiger charge is -2.36. The predicted molar refractivity (Wildman–Crippen MR) is 172 cm³/mol. The van der Waals surface area contributed by atoms with Crippen LogP contribution in [0.3, 0.4) is 0 Å². The average Bonchev–Trinajstić information content (AvgIpc) is 3.04. The fourth-order valence-electron chi connectivity index (χ4n) is 5.14. The van der Waals surface area contributed by atoms with Crippen molar-refractivity contribution in [2.75, 3.05) is 36.4 Å². The van der Waals surface area contributed by atoms with E-state index in [1.807, 2.05) is 65.6 Å². The Morgan fingerprint density at radius 2 is 1.58 bits per heavy atom. The quantitative estimate of drug-likeness (QED) is 0.175. The third-order valence-corrected chi connectivity index (χ3v) is 7.74. The van der Waals surface area contributed by atoms with Gasteiger partial charge in [-0.2, -0.15) is 0 Å². The van der Waals surface area contributed by atoms with Crippen LogP contribution in [-0.2, 0) is 4.79 Å². The van der Waals surface area contributed by atoms with Crippen molar-refractivity contribution in [3.05, 3.63) is 136 Å². The van der Waals surface area contributed by atoms with E-state index in [2.05, 4.69) is 10.2 Å². The summed E-state index contributed by atoms with van der Waals surface area (Å²) in [5.41, 5.74) is 3.80. The molecule has 1 aromatic heterocycles. The molecule has 4 aromatic carbocycles. The van der Waals surface area contributed by atoms with E-state index >= 15 is 0 Å². The summed E-state index contributed by atoms with van der Waals surface area (Å²) in [7, 11) is 0. The molecule has 0 radical (unpaired) electrons. The maximum Gasteiger partial charge on any atom is 0.344 e. The minimum absolute atomic E-state index is 0.0155. The number of hydrogen-bond donors (Lipinski definition) is 1. The minimum Gasteiger partial charge on any atom is -0.422 e. The van der Waals surface area contributed by atoms with E-state index in [4.69, 9.17) is 16.0 Å². The molecule has 1 N–H and O–H groups in total. The lowest BCUT2D eigenvalue weighted by molar-refractivity contribution is -0.126. The average molecular weight is 590 g/mol. The predicted octanol–water partition coefficient (Wildman–Crippen LogP) is 6.73. The highest BCUT2D eigenvalue weighted by Crippen LogP contribution is 2.30. The lowest BCUT2D eigenvalue weighted by atomic mass is 10.0. The summed E-state index contributed by atoms with van der Waals surface area (Å²) in [4.78, 5) is 42.4. The largest absolute Gasteiger partial charge is 0.422 e. The standard InChI is InChI=1S/C35H28ClN3O4/c36-30-23-28(14-15-31(30)38-17-19-39(20-18-38)33(40)16-13-24-7-2-1-3-8-24)37-34(41)27-11-6-10-25(21-27)29-22-26-9-4-5-12-32(26)43-35(29)42/h1-16,21-23H,17-20H2,(H,37,41)/b16-13+. The highest BCUT2D eigenvalue weighted by atomic mass is 35.5. The maximum absolute atomic E-state index is 13.1. The molecule has 0 spiro atoms. The van der Waals surface area contributed by atoms with E-state index in [9.17, 15) is 14.4 Å². The first-order valence-corrected chi connectivity index (χ1v) is 14.3. The second kappa shape index (κ2) is 12.4. The zero-order valence-electron chi connectivity index (χ0n) is 23.2. The maximum atomic E-state index is 13.1. The number of anilines is 2. The van der Waals surface area contributed by atoms with Crippen LogP contribution >= 0.6 is 11.6 Å². The Morgan fingerprint density at radius 3 is 2.37 bits per heavy atom. The van der Waals surface area contributed by atoms with Crippen molar-refractivity contribution in [3.63, 3.8) is 0 Å². The number of para-hydroxylation sites is 1. The first-order valence-electron chi connectivity index (χ1n) is 14.0. The van der Waals surface area contributed by atoms with Gasteiger partial charge in [0, 0.05) is 48.9 Å². The highest BCUT2D eigenvalue weighted by Gasteiger charge is 2.22. The molecule has 43 heavy (non-hydrogen) atoms. The van der Waals surface area contributed by atoms with Gasteiger partial charge in [-0.3, -0.25) is 9.59 Å². The fourth-order valence-corrected chi connectivity index (χ4v) is 5.44. The Hall–Kier alpha value is -5.14. The molecule has 214 valence electrons. The summed E-state index contributed by atoms with van der Waals surface area (Å²) < 4.78 is 5.47. The summed E-state index contributed by atoms with van der Waals surface area (Å²) in [5.74, 6) is -0.343. The van der Waals surface area contributed by atoms with Gasteiger partial charge in [0.25, 0.3) is 5.91 Å². The lowest BCUT2D eigenvalue weighted by Crippen LogP contribution is -2.48. The molecule has 2 amide bonds. The van der Waals surface area contributed by atoms with Crippen LogP contribution in [0.2, 0.25) is 5.02 Å². The van der Waals surface area contributed by atoms with E-state index in [1.165, 1.54) is 0 Å².